The van der Waals surface area contributed by atoms with Crippen molar-refractivity contribution in [3.63, 3.8) is 0 Å². The lowest BCUT2D eigenvalue weighted by Gasteiger charge is -2.43. The standard InChI is InChI=1S/C18H29N3O2.2ClH/c1-4-16-13-21(11-10-20(16)12-14(2)22)17(23)18(3,19)15-8-6-5-7-9-15;;/h5-9,14,16,22H,4,10-13,19H2,1-3H3;2*1H. The van der Waals surface area contributed by atoms with E-state index in [1.165, 1.54) is 0 Å². The molecular weight excluding hydrogens is 361 g/mol. The number of β-amino-alcohol motifs (C(OH)–C–C–N with tert-alkyl or cyclic N) is 1. The molecule has 7 heteroatoms. The van der Waals surface area contributed by atoms with Crippen molar-refractivity contribution >= 4 is 30.7 Å². The second-order valence-electron chi connectivity index (χ2n) is 6.73. The van der Waals surface area contributed by atoms with Crippen LogP contribution in [-0.4, -0.2) is 59.1 Å². The molecule has 5 nitrogen and oxygen atoms in total. The lowest BCUT2D eigenvalue weighted by atomic mass is 9.91. The van der Waals surface area contributed by atoms with Gasteiger partial charge < -0.3 is 15.7 Å². The summed E-state index contributed by atoms with van der Waals surface area (Å²) in [7, 11) is 0. The minimum absolute atomic E-state index is 0. The molecule has 0 aromatic heterocycles. The van der Waals surface area contributed by atoms with E-state index in [9.17, 15) is 9.90 Å². The number of carbonyl (C=O) groups is 1. The normalized spacial score (nSPS) is 21.5. The second kappa shape index (κ2) is 10.3. The summed E-state index contributed by atoms with van der Waals surface area (Å²) < 4.78 is 0. The first-order valence-electron chi connectivity index (χ1n) is 8.42. The van der Waals surface area contributed by atoms with Crippen LogP contribution in [0.25, 0.3) is 0 Å². The van der Waals surface area contributed by atoms with E-state index in [2.05, 4.69) is 11.8 Å². The van der Waals surface area contributed by atoms with Gasteiger partial charge in [0, 0.05) is 32.2 Å². The maximum Gasteiger partial charge on any atom is 0.247 e. The van der Waals surface area contributed by atoms with Crippen molar-refractivity contribution in [1.82, 2.24) is 9.80 Å². The highest BCUT2D eigenvalue weighted by Gasteiger charge is 2.37. The Kier molecular flexibility index (Phi) is 9.98. The molecule has 3 unspecified atom stereocenters. The van der Waals surface area contributed by atoms with E-state index in [0.717, 1.165) is 18.5 Å². The highest BCUT2D eigenvalue weighted by molar-refractivity contribution is 5.87. The number of halogens is 2. The second-order valence-corrected chi connectivity index (χ2v) is 6.73. The molecule has 1 amide bonds. The zero-order chi connectivity index (χ0) is 17.0. The number of amides is 1. The van der Waals surface area contributed by atoms with Crippen LogP contribution in [-0.2, 0) is 10.3 Å². The first kappa shape index (κ1) is 24.1. The van der Waals surface area contributed by atoms with Crippen molar-refractivity contribution in [2.45, 2.75) is 44.9 Å². The maximum absolute atomic E-state index is 12.9. The third-order valence-corrected chi connectivity index (χ3v) is 4.68. The van der Waals surface area contributed by atoms with Gasteiger partial charge in [0.1, 0.15) is 5.54 Å². The Morgan fingerprint density at radius 2 is 1.92 bits per heavy atom. The number of carbonyl (C=O) groups excluding carboxylic acids is 1. The van der Waals surface area contributed by atoms with Crippen LogP contribution in [0.2, 0.25) is 0 Å². The summed E-state index contributed by atoms with van der Waals surface area (Å²) in [4.78, 5) is 17.1. The van der Waals surface area contributed by atoms with Crippen molar-refractivity contribution in [1.29, 1.82) is 0 Å². The fraction of sp³-hybridized carbons (Fsp3) is 0.611. The molecule has 144 valence electrons. The lowest BCUT2D eigenvalue weighted by Crippen LogP contribution is -2.60. The summed E-state index contributed by atoms with van der Waals surface area (Å²) in [5.41, 5.74) is 6.20. The SMILES string of the molecule is CCC1CN(C(=O)C(C)(N)c2ccccc2)CCN1CC(C)O.Cl.Cl. The summed E-state index contributed by atoms with van der Waals surface area (Å²) in [6.45, 7) is 8.46. The molecule has 1 aromatic carbocycles. The summed E-state index contributed by atoms with van der Waals surface area (Å²) in [5, 5.41) is 9.63. The molecular formula is C18H31Cl2N3O2. The molecule has 2 rings (SSSR count). The highest BCUT2D eigenvalue weighted by atomic mass is 35.5. The predicted molar refractivity (Wildman–Crippen MR) is 106 cm³/mol. The van der Waals surface area contributed by atoms with Crippen LogP contribution < -0.4 is 5.73 Å². The maximum atomic E-state index is 12.9. The third-order valence-electron chi connectivity index (χ3n) is 4.68. The van der Waals surface area contributed by atoms with Crippen LogP contribution in [0.3, 0.4) is 0 Å². The van der Waals surface area contributed by atoms with Crippen LogP contribution in [0.5, 0.6) is 0 Å². The van der Waals surface area contributed by atoms with Crippen molar-refractivity contribution < 1.29 is 9.90 Å². The van der Waals surface area contributed by atoms with Gasteiger partial charge in [-0.2, -0.15) is 0 Å². The van der Waals surface area contributed by atoms with Gasteiger partial charge in [-0.05, 0) is 25.8 Å². The third kappa shape index (κ3) is 5.83. The molecule has 1 fully saturated rings. The number of hydrogen-bond donors (Lipinski definition) is 2. The average molecular weight is 392 g/mol. The number of nitrogens with zero attached hydrogens (tertiary/aromatic N) is 2. The van der Waals surface area contributed by atoms with E-state index in [0.29, 0.717) is 19.6 Å². The number of nitrogens with two attached hydrogens (primary N) is 1. The first-order valence-corrected chi connectivity index (χ1v) is 8.42. The fourth-order valence-electron chi connectivity index (χ4n) is 3.28. The van der Waals surface area contributed by atoms with Gasteiger partial charge in [-0.3, -0.25) is 9.69 Å². The Hall–Kier alpha value is -0.850. The Labute approximate surface area is 163 Å². The Balaban J connectivity index is 0.00000288. The van der Waals surface area contributed by atoms with Crippen LogP contribution in [0.1, 0.15) is 32.8 Å². The van der Waals surface area contributed by atoms with E-state index >= 15 is 0 Å². The topological polar surface area (TPSA) is 69.8 Å². The number of hydrogen-bond acceptors (Lipinski definition) is 4. The molecule has 0 aliphatic carbocycles. The van der Waals surface area contributed by atoms with Gasteiger partial charge in [-0.25, -0.2) is 0 Å². The van der Waals surface area contributed by atoms with E-state index in [4.69, 9.17) is 5.73 Å². The van der Waals surface area contributed by atoms with Gasteiger partial charge >= 0.3 is 0 Å². The van der Waals surface area contributed by atoms with Crippen molar-refractivity contribution in [2.75, 3.05) is 26.2 Å². The summed E-state index contributed by atoms with van der Waals surface area (Å²) in [6.07, 6.45) is 0.596. The summed E-state index contributed by atoms with van der Waals surface area (Å²) in [5.74, 6) is -0.0288. The molecule has 1 saturated heterocycles. The molecule has 1 aliphatic rings. The molecule has 0 spiro atoms. The summed E-state index contributed by atoms with van der Waals surface area (Å²) >= 11 is 0. The molecule has 3 atom stereocenters. The molecule has 3 N–H and O–H groups in total. The van der Waals surface area contributed by atoms with Gasteiger partial charge in [0.25, 0.3) is 0 Å². The number of benzene rings is 1. The van der Waals surface area contributed by atoms with Gasteiger partial charge in [-0.15, -0.1) is 24.8 Å². The zero-order valence-electron chi connectivity index (χ0n) is 15.2. The smallest absolute Gasteiger partial charge is 0.247 e. The lowest BCUT2D eigenvalue weighted by molar-refractivity contribution is -0.140. The van der Waals surface area contributed by atoms with Crippen molar-refractivity contribution in [3.05, 3.63) is 35.9 Å². The molecule has 0 saturated carbocycles. The molecule has 25 heavy (non-hydrogen) atoms. The van der Waals surface area contributed by atoms with Gasteiger partial charge in [0.15, 0.2) is 0 Å². The van der Waals surface area contributed by atoms with E-state index < -0.39 is 5.54 Å². The largest absolute Gasteiger partial charge is 0.392 e. The molecule has 0 radical (unpaired) electrons. The monoisotopic (exact) mass is 391 g/mol. The fourth-order valence-corrected chi connectivity index (χ4v) is 3.28. The Morgan fingerprint density at radius 1 is 1.32 bits per heavy atom. The molecule has 0 bridgehead atoms. The van der Waals surface area contributed by atoms with E-state index in [-0.39, 0.29) is 42.9 Å². The Morgan fingerprint density at radius 3 is 2.44 bits per heavy atom. The summed E-state index contributed by atoms with van der Waals surface area (Å²) in [6, 6.07) is 9.81. The van der Waals surface area contributed by atoms with Crippen LogP contribution in [0.4, 0.5) is 0 Å². The Bertz CT molecular complexity index is 526. The quantitative estimate of drug-likeness (QED) is 0.805. The average Bonchev–Trinajstić information content (AvgIpc) is 2.54. The highest BCUT2D eigenvalue weighted by Crippen LogP contribution is 2.23. The first-order chi connectivity index (χ1) is 10.9. The zero-order valence-corrected chi connectivity index (χ0v) is 16.9. The number of piperazine rings is 1. The van der Waals surface area contributed by atoms with Crippen LogP contribution >= 0.6 is 24.8 Å². The minimum atomic E-state index is -1.01. The molecule has 1 aromatic rings. The van der Waals surface area contributed by atoms with Crippen molar-refractivity contribution in [2.24, 2.45) is 5.73 Å². The number of aliphatic hydroxyl groups is 1. The molecule has 1 heterocycles. The van der Waals surface area contributed by atoms with Gasteiger partial charge in [0.2, 0.25) is 5.91 Å². The molecule has 1 aliphatic heterocycles. The van der Waals surface area contributed by atoms with Gasteiger partial charge in [-0.1, -0.05) is 37.3 Å². The van der Waals surface area contributed by atoms with E-state index in [1.807, 2.05) is 35.2 Å². The van der Waals surface area contributed by atoms with Gasteiger partial charge in [0.05, 0.1) is 6.10 Å². The van der Waals surface area contributed by atoms with Crippen LogP contribution in [0.15, 0.2) is 30.3 Å². The predicted octanol–water partition coefficient (Wildman–Crippen LogP) is 2.01. The number of aliphatic hydroxyl groups excluding tert-OH is 1. The van der Waals surface area contributed by atoms with E-state index in [1.54, 1.807) is 13.8 Å². The van der Waals surface area contributed by atoms with Crippen molar-refractivity contribution in [3.8, 4) is 0 Å². The van der Waals surface area contributed by atoms with Crippen LogP contribution in [0, 0.1) is 0 Å². The minimum Gasteiger partial charge on any atom is -0.392 e. The number of rotatable bonds is 5.